The molecule has 9 nitrogen and oxygen atoms in total. The fourth-order valence-electron chi connectivity index (χ4n) is 3.88. The van der Waals surface area contributed by atoms with Gasteiger partial charge in [-0.3, -0.25) is 4.79 Å². The third-order valence-corrected chi connectivity index (χ3v) is 5.74. The predicted molar refractivity (Wildman–Crippen MR) is 127 cm³/mol. The molecular formula is C24H21ClN6O3. The molecule has 0 atom stereocenters. The lowest BCUT2D eigenvalue weighted by atomic mass is 10.2. The highest BCUT2D eigenvalue weighted by atomic mass is 35.5. The third-order valence-electron chi connectivity index (χ3n) is 5.44. The molecule has 3 aromatic rings. The molecule has 0 fully saturated rings. The molecule has 0 saturated carbocycles. The number of fused-ring (bicyclic) bond motifs is 1. The Morgan fingerprint density at radius 2 is 1.74 bits per heavy atom. The van der Waals surface area contributed by atoms with Crippen LogP contribution in [0.4, 0.5) is 11.4 Å². The van der Waals surface area contributed by atoms with Gasteiger partial charge in [0.2, 0.25) is 5.78 Å². The van der Waals surface area contributed by atoms with Crippen molar-refractivity contribution in [2.45, 2.75) is 13.8 Å². The second-order valence-electron chi connectivity index (χ2n) is 7.76. The molecule has 0 unspecified atom stereocenters. The number of esters is 1. The van der Waals surface area contributed by atoms with Crippen LogP contribution in [0.3, 0.4) is 0 Å². The van der Waals surface area contributed by atoms with Gasteiger partial charge < -0.3 is 14.5 Å². The average molecular weight is 477 g/mol. The second kappa shape index (κ2) is 9.00. The van der Waals surface area contributed by atoms with Crippen LogP contribution in [-0.4, -0.2) is 47.2 Å². The smallest absolute Gasteiger partial charge is 0.359 e. The quantitative estimate of drug-likeness (QED) is 0.312. The fraction of sp³-hybridized carbons (Fsp3) is 0.208. The van der Waals surface area contributed by atoms with E-state index in [9.17, 15) is 14.9 Å². The van der Waals surface area contributed by atoms with Crippen LogP contribution in [0.25, 0.3) is 5.82 Å². The molecule has 0 amide bonds. The summed E-state index contributed by atoms with van der Waals surface area (Å²) in [5.74, 6) is -0.712. The van der Waals surface area contributed by atoms with Gasteiger partial charge in [-0.25, -0.2) is 14.5 Å². The summed E-state index contributed by atoms with van der Waals surface area (Å²) in [7, 11) is 3.53. The van der Waals surface area contributed by atoms with E-state index in [4.69, 9.17) is 16.3 Å². The van der Waals surface area contributed by atoms with Crippen LogP contribution in [0.5, 0.6) is 0 Å². The molecule has 0 aliphatic carbocycles. The van der Waals surface area contributed by atoms with Crippen molar-refractivity contribution in [1.82, 2.24) is 14.8 Å². The van der Waals surface area contributed by atoms with Crippen LogP contribution in [0, 0.1) is 25.2 Å². The fourth-order valence-corrected chi connectivity index (χ4v) is 4.06. The predicted octanol–water partition coefficient (Wildman–Crippen LogP) is 3.58. The standard InChI is InChI=1S/C24H21ClN6O3/c1-14-11-15(2)31(28-14)21-10-9-17(25)22(27-21)24(33)34-13-20(32)16(12-26)23-29(3)18-7-5-6-8-19(18)30(23)4/h5-11H,13H2,1-4H3. The molecule has 0 bridgehead atoms. The molecule has 34 heavy (non-hydrogen) atoms. The van der Waals surface area contributed by atoms with E-state index in [0.717, 1.165) is 22.8 Å². The van der Waals surface area contributed by atoms with Gasteiger partial charge in [0.15, 0.2) is 18.1 Å². The minimum absolute atomic E-state index is 0.0762. The molecule has 2 aromatic heterocycles. The maximum absolute atomic E-state index is 12.9. The van der Waals surface area contributed by atoms with Crippen molar-refractivity contribution in [1.29, 1.82) is 5.26 Å². The van der Waals surface area contributed by atoms with Gasteiger partial charge in [0.1, 0.15) is 17.5 Å². The summed E-state index contributed by atoms with van der Waals surface area (Å²) < 4.78 is 6.78. The number of carbonyl (C=O) groups is 2. The van der Waals surface area contributed by atoms with Crippen LogP contribution >= 0.6 is 11.6 Å². The second-order valence-corrected chi connectivity index (χ2v) is 8.16. The number of rotatable bonds is 5. The minimum Gasteiger partial charge on any atom is -0.452 e. The van der Waals surface area contributed by atoms with Crippen molar-refractivity contribution < 1.29 is 14.3 Å². The molecule has 0 spiro atoms. The van der Waals surface area contributed by atoms with Crippen LogP contribution < -0.4 is 9.80 Å². The minimum atomic E-state index is -0.875. The molecule has 0 saturated heterocycles. The lowest BCUT2D eigenvalue weighted by Crippen LogP contribution is -2.28. The van der Waals surface area contributed by atoms with E-state index in [2.05, 4.69) is 10.1 Å². The number of nitriles is 1. The van der Waals surface area contributed by atoms with E-state index >= 15 is 0 Å². The molecule has 4 rings (SSSR count). The zero-order valence-electron chi connectivity index (χ0n) is 19.0. The highest BCUT2D eigenvalue weighted by Gasteiger charge is 2.31. The van der Waals surface area contributed by atoms with E-state index in [1.807, 2.05) is 50.2 Å². The number of halogens is 1. The summed E-state index contributed by atoms with van der Waals surface area (Å²) in [6.07, 6.45) is 0. The molecule has 3 heterocycles. The lowest BCUT2D eigenvalue weighted by molar-refractivity contribution is -0.118. The summed E-state index contributed by atoms with van der Waals surface area (Å²) in [4.78, 5) is 33.4. The summed E-state index contributed by atoms with van der Waals surface area (Å²) in [6.45, 7) is 3.07. The number of aromatic nitrogens is 3. The lowest BCUT2D eigenvalue weighted by Gasteiger charge is -2.19. The maximum Gasteiger partial charge on any atom is 0.359 e. The Labute approximate surface area is 201 Å². The van der Waals surface area contributed by atoms with Crippen molar-refractivity contribution >= 4 is 34.7 Å². The van der Waals surface area contributed by atoms with Gasteiger partial charge in [0.05, 0.1) is 22.1 Å². The number of para-hydroxylation sites is 2. The van der Waals surface area contributed by atoms with Gasteiger partial charge in [0, 0.05) is 19.8 Å². The Morgan fingerprint density at radius 1 is 1.09 bits per heavy atom. The van der Waals surface area contributed by atoms with Crippen molar-refractivity contribution in [3.05, 3.63) is 76.0 Å². The SMILES string of the molecule is Cc1cc(C)n(-c2ccc(Cl)c(C(=O)OCC(=O)C(C#N)=C3N(C)c4ccccc4N3C)n2)n1. The number of hydrogen-bond donors (Lipinski definition) is 0. The first-order valence-corrected chi connectivity index (χ1v) is 10.7. The highest BCUT2D eigenvalue weighted by molar-refractivity contribution is 6.33. The molecule has 1 aliphatic rings. The van der Waals surface area contributed by atoms with Gasteiger partial charge >= 0.3 is 5.97 Å². The zero-order chi connectivity index (χ0) is 24.6. The van der Waals surface area contributed by atoms with Gasteiger partial charge in [-0.1, -0.05) is 23.7 Å². The van der Waals surface area contributed by atoms with Crippen LogP contribution in [-0.2, 0) is 9.53 Å². The van der Waals surface area contributed by atoms with Crippen molar-refractivity contribution in [2.24, 2.45) is 0 Å². The molecule has 0 radical (unpaired) electrons. The van der Waals surface area contributed by atoms with E-state index in [0.29, 0.717) is 11.6 Å². The number of anilines is 2. The zero-order valence-corrected chi connectivity index (χ0v) is 19.8. The molecule has 1 aliphatic heterocycles. The number of nitrogens with zero attached hydrogens (tertiary/aromatic N) is 6. The van der Waals surface area contributed by atoms with Crippen molar-refractivity contribution in [3.8, 4) is 11.9 Å². The Morgan fingerprint density at radius 3 is 2.29 bits per heavy atom. The first kappa shape index (κ1) is 23.0. The first-order valence-electron chi connectivity index (χ1n) is 10.3. The van der Waals surface area contributed by atoms with Gasteiger partial charge in [-0.15, -0.1) is 0 Å². The van der Waals surface area contributed by atoms with Gasteiger partial charge in [-0.05, 0) is 44.2 Å². The summed E-state index contributed by atoms with van der Waals surface area (Å²) in [6, 6.07) is 14.5. The molecular weight excluding hydrogens is 456 g/mol. The molecule has 172 valence electrons. The topological polar surface area (TPSA) is 104 Å². The van der Waals surface area contributed by atoms with E-state index < -0.39 is 18.4 Å². The summed E-state index contributed by atoms with van der Waals surface area (Å²) >= 11 is 6.17. The number of carbonyl (C=O) groups excluding carboxylic acids is 2. The molecule has 1 aromatic carbocycles. The number of aryl methyl sites for hydroxylation is 2. The number of Topliss-reactive ketones (excluding diaryl/α,β-unsaturated/α-hetero) is 1. The summed E-state index contributed by atoms with van der Waals surface area (Å²) in [5, 5.41) is 14.1. The van der Waals surface area contributed by atoms with E-state index in [1.165, 1.54) is 6.07 Å². The average Bonchev–Trinajstić information content (AvgIpc) is 3.29. The number of pyridine rings is 1. The Kier molecular flexibility index (Phi) is 6.09. The Balaban J connectivity index is 1.55. The van der Waals surface area contributed by atoms with Gasteiger partial charge in [-0.2, -0.15) is 10.4 Å². The first-order chi connectivity index (χ1) is 16.2. The van der Waals surface area contributed by atoms with E-state index in [-0.39, 0.29) is 16.3 Å². The number of ketones is 1. The number of benzene rings is 1. The number of ether oxygens (including phenoxy) is 1. The number of hydrogen-bond acceptors (Lipinski definition) is 8. The normalized spacial score (nSPS) is 12.4. The third kappa shape index (κ3) is 4.00. The van der Waals surface area contributed by atoms with Crippen LogP contribution in [0.1, 0.15) is 21.9 Å². The van der Waals surface area contributed by atoms with E-state index in [1.54, 1.807) is 34.6 Å². The largest absolute Gasteiger partial charge is 0.452 e. The van der Waals surface area contributed by atoms with Crippen molar-refractivity contribution in [3.63, 3.8) is 0 Å². The summed E-state index contributed by atoms with van der Waals surface area (Å²) in [5.41, 5.74) is 3.07. The Hall–Kier alpha value is -4.16. The monoisotopic (exact) mass is 476 g/mol. The molecule has 0 N–H and O–H groups in total. The maximum atomic E-state index is 12.9. The highest BCUT2D eigenvalue weighted by Crippen LogP contribution is 2.40. The van der Waals surface area contributed by atoms with Crippen LogP contribution in [0.15, 0.2) is 53.9 Å². The van der Waals surface area contributed by atoms with Crippen LogP contribution in [0.2, 0.25) is 5.02 Å². The van der Waals surface area contributed by atoms with Gasteiger partial charge in [0.25, 0.3) is 0 Å². The van der Waals surface area contributed by atoms with Crippen molar-refractivity contribution in [2.75, 3.05) is 30.5 Å². The molecule has 10 heteroatoms. The Bertz CT molecular complexity index is 1360.